The predicted octanol–water partition coefficient (Wildman–Crippen LogP) is -4.40. The first-order valence-electron chi connectivity index (χ1n) is 12.6. The average Bonchev–Trinajstić information content (AvgIpc) is 3.36. The van der Waals surface area contributed by atoms with Gasteiger partial charge in [0.1, 0.15) is 24.2 Å². The van der Waals surface area contributed by atoms with Crippen molar-refractivity contribution in [3.63, 3.8) is 0 Å². The lowest BCUT2D eigenvalue weighted by Crippen LogP contribution is -2.57. The highest BCUT2D eigenvalue weighted by Crippen LogP contribution is 2.19. The molecule has 1 rings (SSSR count). The van der Waals surface area contributed by atoms with Crippen LogP contribution in [0.2, 0.25) is 0 Å². The third-order valence-corrected chi connectivity index (χ3v) is 5.91. The summed E-state index contributed by atoms with van der Waals surface area (Å²) in [6.45, 7) is 1.82. The molecule has 220 valence electrons. The van der Waals surface area contributed by atoms with Gasteiger partial charge in [-0.25, -0.2) is 4.79 Å². The van der Waals surface area contributed by atoms with E-state index in [4.69, 9.17) is 28.7 Å². The average molecular weight is 556 g/mol. The molecule has 1 fully saturated rings. The minimum Gasteiger partial charge on any atom is -0.480 e. The van der Waals surface area contributed by atoms with Crippen LogP contribution in [0.25, 0.3) is 0 Å². The summed E-state index contributed by atoms with van der Waals surface area (Å²) in [4.78, 5) is 71.3. The number of hydrogen-bond acceptors (Lipinski definition) is 8. The fourth-order valence-electron chi connectivity index (χ4n) is 3.98. The molecule has 1 aliphatic heterocycles. The van der Waals surface area contributed by atoms with E-state index in [2.05, 4.69) is 25.9 Å². The van der Waals surface area contributed by atoms with Crippen LogP contribution in [-0.2, 0) is 24.0 Å². The summed E-state index contributed by atoms with van der Waals surface area (Å²) < 4.78 is 0. The molecule has 0 aromatic rings. The number of carboxylic acid groups (broad SMARTS) is 1. The number of hydrogen-bond donors (Lipinski definition) is 9. The van der Waals surface area contributed by atoms with Gasteiger partial charge in [-0.3, -0.25) is 29.2 Å². The van der Waals surface area contributed by atoms with Crippen LogP contribution in [0, 0.1) is 0 Å². The minimum absolute atomic E-state index is 0.0874. The van der Waals surface area contributed by atoms with Gasteiger partial charge in [-0.15, -0.1) is 0 Å². The second-order valence-corrected chi connectivity index (χ2v) is 9.04. The van der Waals surface area contributed by atoms with Crippen molar-refractivity contribution in [3.05, 3.63) is 0 Å². The Morgan fingerprint density at radius 1 is 0.923 bits per heavy atom. The van der Waals surface area contributed by atoms with Crippen molar-refractivity contribution in [2.75, 3.05) is 26.2 Å². The van der Waals surface area contributed by atoms with Gasteiger partial charge < -0.3 is 54.6 Å². The zero-order valence-electron chi connectivity index (χ0n) is 22.1. The minimum atomic E-state index is -1.23. The van der Waals surface area contributed by atoms with Crippen molar-refractivity contribution in [2.45, 2.75) is 69.6 Å². The third kappa shape index (κ3) is 11.8. The normalized spacial score (nSPS) is 16.8. The summed E-state index contributed by atoms with van der Waals surface area (Å²) in [7, 11) is 0. The molecule has 0 unspecified atom stereocenters. The zero-order chi connectivity index (χ0) is 29.5. The molecule has 14 N–H and O–H groups in total. The Balaban J connectivity index is 2.80. The van der Waals surface area contributed by atoms with E-state index in [9.17, 15) is 29.1 Å². The van der Waals surface area contributed by atoms with Crippen LogP contribution < -0.4 is 44.6 Å². The quantitative estimate of drug-likeness (QED) is 0.0497. The summed E-state index contributed by atoms with van der Waals surface area (Å²) in [5, 5.41) is 17.0. The molecule has 0 aromatic heterocycles. The highest BCUT2D eigenvalue weighted by Gasteiger charge is 2.38. The van der Waals surface area contributed by atoms with Gasteiger partial charge in [0.05, 0.1) is 6.54 Å². The van der Waals surface area contributed by atoms with E-state index in [0.29, 0.717) is 25.7 Å². The van der Waals surface area contributed by atoms with E-state index in [-0.39, 0.29) is 50.9 Å². The van der Waals surface area contributed by atoms with Crippen molar-refractivity contribution < 1.29 is 29.1 Å². The first-order valence-corrected chi connectivity index (χ1v) is 12.6. The summed E-state index contributed by atoms with van der Waals surface area (Å²) in [6, 6.07) is -4.11. The number of aliphatic imine (C=N–C) groups is 2. The fourth-order valence-corrected chi connectivity index (χ4v) is 3.98. The molecule has 0 saturated carbocycles. The molecule has 4 atom stereocenters. The molecule has 1 aliphatic rings. The van der Waals surface area contributed by atoms with Crippen molar-refractivity contribution in [1.29, 1.82) is 0 Å². The molecule has 39 heavy (non-hydrogen) atoms. The SMILES string of the molecule is C[C@H](NC(=O)[C@H](CCCN=C(N)N)NC(=O)CN)C(=O)N1CCC[C@H]1C(=O)N[C@@H](CCCN=C(N)N)C(=O)O. The molecule has 17 nitrogen and oxygen atoms in total. The molecule has 4 amide bonds. The monoisotopic (exact) mass is 555 g/mol. The number of likely N-dealkylation sites (tertiary alicyclic amines) is 1. The number of amides is 4. The standard InChI is InChI=1S/C22H41N11O6/c1-12(30-17(35)13(31-16(34)11-23)5-2-8-28-21(24)25)19(37)33-10-4-7-15(33)18(36)32-14(20(38)39)6-3-9-29-22(26)27/h12-15H,2-11,23H2,1H3,(H,30,35)(H,31,34)(H,32,36)(H,38,39)(H4,24,25,28)(H4,26,27,29)/t12-,13-,14-,15-/m0/s1. The first-order chi connectivity index (χ1) is 18.4. The molecule has 1 heterocycles. The number of nitrogens with two attached hydrogens (primary N) is 5. The lowest BCUT2D eigenvalue weighted by Gasteiger charge is -2.29. The Bertz CT molecular complexity index is 933. The smallest absolute Gasteiger partial charge is 0.326 e. The summed E-state index contributed by atoms with van der Waals surface area (Å²) in [5.74, 6) is -3.76. The van der Waals surface area contributed by atoms with Crippen LogP contribution in [0.3, 0.4) is 0 Å². The topological polar surface area (TPSA) is 300 Å². The largest absolute Gasteiger partial charge is 0.480 e. The number of guanidine groups is 2. The number of nitrogens with one attached hydrogen (secondary N) is 3. The van der Waals surface area contributed by atoms with Crippen LogP contribution in [0.5, 0.6) is 0 Å². The van der Waals surface area contributed by atoms with Gasteiger partial charge in [0.15, 0.2) is 11.9 Å². The fraction of sp³-hybridized carbons (Fsp3) is 0.682. The Morgan fingerprint density at radius 3 is 2.00 bits per heavy atom. The van der Waals surface area contributed by atoms with Gasteiger partial charge >= 0.3 is 5.97 Å². The molecular weight excluding hydrogens is 514 g/mol. The Kier molecular flexibility index (Phi) is 14.0. The van der Waals surface area contributed by atoms with Crippen molar-refractivity contribution in [3.8, 4) is 0 Å². The van der Waals surface area contributed by atoms with Crippen LogP contribution >= 0.6 is 0 Å². The first kappa shape index (κ1) is 32.9. The van der Waals surface area contributed by atoms with Gasteiger partial charge in [-0.2, -0.15) is 0 Å². The molecular formula is C22H41N11O6. The van der Waals surface area contributed by atoms with Crippen molar-refractivity contribution in [1.82, 2.24) is 20.9 Å². The molecule has 0 spiro atoms. The maximum Gasteiger partial charge on any atom is 0.326 e. The van der Waals surface area contributed by atoms with E-state index < -0.39 is 53.8 Å². The van der Waals surface area contributed by atoms with E-state index in [0.717, 1.165) is 0 Å². The van der Waals surface area contributed by atoms with Crippen molar-refractivity contribution in [2.24, 2.45) is 38.7 Å². The van der Waals surface area contributed by atoms with E-state index >= 15 is 0 Å². The summed E-state index contributed by atoms with van der Waals surface area (Å²) >= 11 is 0. The maximum absolute atomic E-state index is 13.1. The van der Waals surface area contributed by atoms with Gasteiger partial charge in [0, 0.05) is 19.6 Å². The second kappa shape index (κ2) is 16.6. The number of carbonyl (C=O) groups is 5. The molecule has 0 radical (unpaired) electrons. The Morgan fingerprint density at radius 2 is 1.49 bits per heavy atom. The van der Waals surface area contributed by atoms with Gasteiger partial charge in [-0.1, -0.05) is 0 Å². The van der Waals surface area contributed by atoms with Crippen LogP contribution in [-0.4, -0.2) is 102 Å². The predicted molar refractivity (Wildman–Crippen MR) is 143 cm³/mol. The molecule has 0 aromatic carbocycles. The van der Waals surface area contributed by atoms with E-state index in [1.165, 1.54) is 11.8 Å². The lowest BCUT2D eigenvalue weighted by molar-refractivity contribution is -0.145. The van der Waals surface area contributed by atoms with Gasteiger partial charge in [0.2, 0.25) is 23.6 Å². The highest BCUT2D eigenvalue weighted by atomic mass is 16.4. The third-order valence-electron chi connectivity index (χ3n) is 5.91. The number of nitrogens with zero attached hydrogens (tertiary/aromatic N) is 3. The molecule has 0 aliphatic carbocycles. The highest BCUT2D eigenvalue weighted by molar-refractivity contribution is 5.95. The molecule has 0 bridgehead atoms. The lowest BCUT2D eigenvalue weighted by atomic mass is 10.1. The molecule has 17 heteroatoms. The maximum atomic E-state index is 13.1. The van der Waals surface area contributed by atoms with E-state index in [1.807, 2.05) is 0 Å². The van der Waals surface area contributed by atoms with Crippen LogP contribution in [0.15, 0.2) is 9.98 Å². The number of rotatable bonds is 16. The number of carboxylic acids is 1. The zero-order valence-corrected chi connectivity index (χ0v) is 22.1. The Hall–Kier alpha value is -4.15. The van der Waals surface area contributed by atoms with Crippen LogP contribution in [0.4, 0.5) is 0 Å². The Labute approximate surface area is 226 Å². The van der Waals surface area contributed by atoms with Crippen molar-refractivity contribution >= 4 is 41.5 Å². The second-order valence-electron chi connectivity index (χ2n) is 9.04. The number of carbonyl (C=O) groups excluding carboxylic acids is 4. The summed E-state index contributed by atoms with van der Waals surface area (Å²) in [6.07, 6.45) is 1.81. The van der Waals surface area contributed by atoms with Gasteiger partial charge in [-0.05, 0) is 45.4 Å². The van der Waals surface area contributed by atoms with Crippen LogP contribution in [0.1, 0.15) is 45.4 Å². The molecule has 1 saturated heterocycles. The summed E-state index contributed by atoms with van der Waals surface area (Å²) in [5.41, 5.74) is 26.4. The van der Waals surface area contributed by atoms with Gasteiger partial charge in [0.25, 0.3) is 0 Å². The number of aliphatic carboxylic acids is 1. The van der Waals surface area contributed by atoms with E-state index in [1.54, 1.807) is 0 Å².